The molecule has 1 aliphatic rings. The molecule has 5 heteroatoms. The van der Waals surface area contributed by atoms with Gasteiger partial charge in [0.15, 0.2) is 5.13 Å². The van der Waals surface area contributed by atoms with Gasteiger partial charge in [0.05, 0.1) is 5.69 Å². The van der Waals surface area contributed by atoms with Crippen LogP contribution in [0.5, 0.6) is 0 Å². The van der Waals surface area contributed by atoms with Gasteiger partial charge in [-0.2, -0.15) is 0 Å². The third kappa shape index (κ3) is 4.10. The average Bonchev–Trinajstić information content (AvgIpc) is 2.98. The Labute approximate surface area is 141 Å². The number of benzene rings is 1. The number of likely N-dealkylation sites (tertiary alicyclic amines) is 1. The van der Waals surface area contributed by atoms with Crippen LogP contribution >= 0.6 is 11.3 Å². The zero-order chi connectivity index (χ0) is 16.2. The first kappa shape index (κ1) is 16.0. The predicted octanol–water partition coefficient (Wildman–Crippen LogP) is 3.37. The third-order valence-electron chi connectivity index (χ3n) is 4.45. The van der Waals surface area contributed by atoms with E-state index < -0.39 is 0 Å². The van der Waals surface area contributed by atoms with E-state index in [0.717, 1.165) is 31.6 Å². The van der Waals surface area contributed by atoms with Crippen LogP contribution in [-0.2, 0) is 11.2 Å². The van der Waals surface area contributed by atoms with Gasteiger partial charge >= 0.3 is 0 Å². The van der Waals surface area contributed by atoms with Crippen molar-refractivity contribution < 1.29 is 4.79 Å². The number of nitrogens with zero attached hydrogens (tertiary/aromatic N) is 2. The second-order valence-electron chi connectivity index (χ2n) is 6.27. The van der Waals surface area contributed by atoms with E-state index in [0.29, 0.717) is 23.9 Å². The summed E-state index contributed by atoms with van der Waals surface area (Å²) in [5.41, 5.74) is 9.20. The zero-order valence-corrected chi connectivity index (χ0v) is 14.3. The fourth-order valence-corrected chi connectivity index (χ4v) is 3.83. The second kappa shape index (κ2) is 7.13. The lowest BCUT2D eigenvalue weighted by atomic mass is 9.89. The van der Waals surface area contributed by atoms with Crippen LogP contribution in [0.15, 0.2) is 29.6 Å². The molecule has 1 aliphatic heterocycles. The van der Waals surface area contributed by atoms with Gasteiger partial charge in [-0.25, -0.2) is 4.98 Å². The minimum atomic E-state index is 0.230. The van der Waals surface area contributed by atoms with E-state index >= 15 is 0 Å². The van der Waals surface area contributed by atoms with Gasteiger partial charge in [-0.15, -0.1) is 11.3 Å². The van der Waals surface area contributed by atoms with Crippen molar-refractivity contribution in [3.05, 3.63) is 46.5 Å². The molecule has 1 aromatic heterocycles. The number of hydrogen-bond acceptors (Lipinski definition) is 4. The van der Waals surface area contributed by atoms with Gasteiger partial charge in [-0.1, -0.05) is 29.8 Å². The number of rotatable bonds is 4. The van der Waals surface area contributed by atoms with E-state index in [9.17, 15) is 4.79 Å². The lowest BCUT2D eigenvalue weighted by Crippen LogP contribution is -2.39. The first-order chi connectivity index (χ1) is 11.1. The summed E-state index contributed by atoms with van der Waals surface area (Å²) in [7, 11) is 0. The third-order valence-corrected chi connectivity index (χ3v) is 5.17. The molecule has 2 heterocycles. The summed E-state index contributed by atoms with van der Waals surface area (Å²) < 4.78 is 0. The van der Waals surface area contributed by atoms with Crippen LogP contribution in [0.25, 0.3) is 0 Å². The van der Waals surface area contributed by atoms with Crippen LogP contribution in [0.2, 0.25) is 0 Å². The quantitative estimate of drug-likeness (QED) is 0.935. The molecule has 0 aliphatic carbocycles. The molecule has 0 bridgehead atoms. The summed E-state index contributed by atoms with van der Waals surface area (Å²) in [5.74, 6) is 0.691. The molecule has 1 fully saturated rings. The number of thiazole rings is 1. The molecule has 2 N–H and O–H groups in total. The summed E-state index contributed by atoms with van der Waals surface area (Å²) in [4.78, 5) is 18.7. The van der Waals surface area contributed by atoms with Crippen LogP contribution < -0.4 is 5.73 Å². The van der Waals surface area contributed by atoms with Crippen molar-refractivity contribution >= 4 is 22.4 Å². The Kier molecular flexibility index (Phi) is 4.96. The molecule has 2 aromatic rings. The summed E-state index contributed by atoms with van der Waals surface area (Å²) in [6.07, 6.45) is 3.44. The Morgan fingerprint density at radius 2 is 2.35 bits per heavy atom. The normalized spacial score (nSPS) is 18.1. The fourth-order valence-electron chi connectivity index (χ4n) is 3.23. The zero-order valence-electron chi connectivity index (χ0n) is 13.5. The molecule has 4 nitrogen and oxygen atoms in total. The molecule has 0 spiro atoms. The van der Waals surface area contributed by atoms with Crippen molar-refractivity contribution in [3.63, 3.8) is 0 Å². The van der Waals surface area contributed by atoms with Crippen LogP contribution in [0, 0.1) is 6.92 Å². The average molecular weight is 329 g/mol. The van der Waals surface area contributed by atoms with E-state index in [1.165, 1.54) is 22.5 Å². The Balaban J connectivity index is 1.58. The molecule has 1 saturated heterocycles. The fraction of sp³-hybridized carbons (Fsp3) is 0.444. The van der Waals surface area contributed by atoms with Crippen molar-refractivity contribution in [2.75, 3.05) is 18.8 Å². The number of piperidine rings is 1. The highest BCUT2D eigenvalue weighted by Gasteiger charge is 2.24. The summed E-state index contributed by atoms with van der Waals surface area (Å²) >= 11 is 1.43. The highest BCUT2D eigenvalue weighted by molar-refractivity contribution is 7.13. The number of carbonyl (C=O) groups excluding carboxylic acids is 1. The summed E-state index contributed by atoms with van der Waals surface area (Å²) in [6.45, 7) is 3.83. The van der Waals surface area contributed by atoms with Crippen molar-refractivity contribution in [2.45, 2.75) is 38.5 Å². The summed E-state index contributed by atoms with van der Waals surface area (Å²) in [5, 5.41) is 2.51. The minimum Gasteiger partial charge on any atom is -0.375 e. The first-order valence-electron chi connectivity index (χ1n) is 8.16. The van der Waals surface area contributed by atoms with Crippen LogP contribution in [0.3, 0.4) is 0 Å². The number of aryl methyl sites for hydroxylation is 2. The molecule has 0 radical (unpaired) electrons. The topological polar surface area (TPSA) is 59.2 Å². The Morgan fingerprint density at radius 1 is 1.48 bits per heavy atom. The molecule has 3 rings (SSSR count). The summed E-state index contributed by atoms with van der Waals surface area (Å²) in [6, 6.07) is 8.66. The van der Waals surface area contributed by atoms with Crippen molar-refractivity contribution in [3.8, 4) is 0 Å². The Hall–Kier alpha value is -1.88. The van der Waals surface area contributed by atoms with Crippen LogP contribution in [0.4, 0.5) is 5.13 Å². The lowest BCUT2D eigenvalue weighted by molar-refractivity contribution is -0.132. The molecule has 23 heavy (non-hydrogen) atoms. The van der Waals surface area contributed by atoms with Gasteiger partial charge in [0.1, 0.15) is 0 Å². The number of nitrogen functional groups attached to an aromatic ring is 1. The number of nitrogens with two attached hydrogens (primary N) is 1. The monoisotopic (exact) mass is 329 g/mol. The largest absolute Gasteiger partial charge is 0.375 e. The predicted molar refractivity (Wildman–Crippen MR) is 94.6 cm³/mol. The van der Waals surface area contributed by atoms with E-state index in [1.807, 2.05) is 10.3 Å². The van der Waals surface area contributed by atoms with E-state index in [1.54, 1.807) is 0 Å². The SMILES string of the molecule is Cc1cccc([C@H]2CCCN(C(=O)CCc3csc(N)n3)C2)c1. The minimum absolute atomic E-state index is 0.230. The van der Waals surface area contributed by atoms with Crippen LogP contribution in [-0.4, -0.2) is 28.9 Å². The van der Waals surface area contributed by atoms with E-state index in [4.69, 9.17) is 5.73 Å². The maximum atomic E-state index is 12.5. The van der Waals surface area contributed by atoms with Gasteiger partial charge in [-0.05, 0) is 31.7 Å². The van der Waals surface area contributed by atoms with Crippen molar-refractivity contribution in [1.29, 1.82) is 0 Å². The lowest BCUT2D eigenvalue weighted by Gasteiger charge is -2.33. The standard InChI is InChI=1S/C18H23N3OS/c1-13-4-2-5-14(10-13)15-6-3-9-21(11-15)17(22)8-7-16-12-23-18(19)20-16/h2,4-5,10,12,15H,3,6-9,11H2,1H3,(H2,19,20)/t15-/m0/s1. The smallest absolute Gasteiger partial charge is 0.222 e. The maximum absolute atomic E-state index is 12.5. The maximum Gasteiger partial charge on any atom is 0.222 e. The molecule has 0 saturated carbocycles. The number of aromatic nitrogens is 1. The van der Waals surface area contributed by atoms with Crippen molar-refractivity contribution in [1.82, 2.24) is 9.88 Å². The van der Waals surface area contributed by atoms with E-state index in [2.05, 4.69) is 36.2 Å². The van der Waals surface area contributed by atoms with Gasteiger partial charge < -0.3 is 10.6 Å². The highest BCUT2D eigenvalue weighted by Crippen LogP contribution is 2.28. The molecule has 0 unspecified atom stereocenters. The molecule has 122 valence electrons. The Morgan fingerprint density at radius 3 is 3.09 bits per heavy atom. The van der Waals surface area contributed by atoms with Crippen LogP contribution in [0.1, 0.15) is 42.0 Å². The number of hydrogen-bond donors (Lipinski definition) is 1. The number of amides is 1. The number of carbonyl (C=O) groups is 1. The van der Waals surface area contributed by atoms with Gasteiger partial charge in [0.2, 0.25) is 5.91 Å². The first-order valence-corrected chi connectivity index (χ1v) is 9.04. The highest BCUT2D eigenvalue weighted by atomic mass is 32.1. The van der Waals surface area contributed by atoms with Crippen molar-refractivity contribution in [2.24, 2.45) is 0 Å². The van der Waals surface area contributed by atoms with Gasteiger partial charge in [-0.3, -0.25) is 4.79 Å². The molecule has 1 atom stereocenters. The second-order valence-corrected chi connectivity index (χ2v) is 7.16. The molecule has 1 aromatic carbocycles. The van der Waals surface area contributed by atoms with E-state index in [-0.39, 0.29) is 5.91 Å². The Bertz CT molecular complexity index is 682. The molecular formula is C18H23N3OS. The number of anilines is 1. The van der Waals surface area contributed by atoms with Gasteiger partial charge in [0.25, 0.3) is 0 Å². The molecule has 1 amide bonds. The molecular weight excluding hydrogens is 306 g/mol. The van der Waals surface area contributed by atoms with Gasteiger partial charge in [0, 0.05) is 30.8 Å².